The fourth-order valence-corrected chi connectivity index (χ4v) is 3.37. The first-order valence-corrected chi connectivity index (χ1v) is 7.51. The van der Waals surface area contributed by atoms with Crippen LogP contribution in [0.2, 0.25) is 0 Å². The third kappa shape index (κ3) is 6.55. The van der Waals surface area contributed by atoms with Crippen molar-refractivity contribution in [3.63, 3.8) is 0 Å². The number of rotatable bonds is 9. The van der Waals surface area contributed by atoms with E-state index in [0.29, 0.717) is 12.8 Å². The van der Waals surface area contributed by atoms with Crippen molar-refractivity contribution < 1.29 is 26.7 Å². The van der Waals surface area contributed by atoms with E-state index >= 15 is 0 Å². The van der Waals surface area contributed by atoms with Crippen molar-refractivity contribution in [2.45, 2.75) is 32.9 Å². The van der Waals surface area contributed by atoms with E-state index in [1.165, 1.54) is 0 Å². The van der Waals surface area contributed by atoms with Crippen molar-refractivity contribution in [3.8, 4) is 0 Å². The van der Waals surface area contributed by atoms with Crippen LogP contribution in [0.25, 0.3) is 0 Å². The van der Waals surface area contributed by atoms with E-state index in [1.807, 2.05) is 0 Å². The molecule has 5 nitrogen and oxygen atoms in total. The molecule has 0 aromatic carbocycles. The van der Waals surface area contributed by atoms with Gasteiger partial charge in [0.2, 0.25) is 0 Å². The van der Waals surface area contributed by atoms with Gasteiger partial charge in [0.1, 0.15) is 6.54 Å². The Kier molecular flexibility index (Phi) is 7.87. The molecule has 0 radical (unpaired) electrons. The normalized spacial score (nSPS) is 13.5. The molecule has 116 valence electrons. The van der Waals surface area contributed by atoms with Crippen LogP contribution in [0, 0.1) is 0 Å². The molecule has 0 amide bonds. The molecule has 0 bridgehead atoms. The number of aliphatic hydroxyl groups is 1. The van der Waals surface area contributed by atoms with Gasteiger partial charge in [-0.3, -0.25) is 0 Å². The van der Waals surface area contributed by atoms with Gasteiger partial charge in [-0.2, -0.15) is 30.2 Å². The van der Waals surface area contributed by atoms with Gasteiger partial charge < -0.3 is 5.11 Å². The van der Waals surface area contributed by atoms with Crippen LogP contribution in [0.1, 0.15) is 26.7 Å². The first-order valence-electron chi connectivity index (χ1n) is 6.11. The van der Waals surface area contributed by atoms with Crippen LogP contribution < -0.4 is 0 Å². The highest BCUT2D eigenvalue weighted by Gasteiger charge is 2.38. The van der Waals surface area contributed by atoms with Gasteiger partial charge in [0, 0.05) is 19.6 Å². The summed E-state index contributed by atoms with van der Waals surface area (Å²) in [4.78, 5) is 0. The first kappa shape index (κ1) is 18.6. The zero-order chi connectivity index (χ0) is 15.1. The maximum absolute atomic E-state index is 12.4. The summed E-state index contributed by atoms with van der Waals surface area (Å²) in [6.45, 7) is 1.02. The first-order chi connectivity index (χ1) is 8.69. The second-order valence-electron chi connectivity index (χ2n) is 4.08. The molecule has 0 aromatic heterocycles. The molecule has 0 saturated heterocycles. The van der Waals surface area contributed by atoms with Crippen molar-refractivity contribution in [1.29, 1.82) is 0 Å². The molecule has 19 heavy (non-hydrogen) atoms. The van der Waals surface area contributed by atoms with E-state index in [1.54, 1.807) is 13.8 Å². The topological polar surface area (TPSA) is 60.9 Å². The van der Waals surface area contributed by atoms with Crippen molar-refractivity contribution >= 4 is 10.2 Å². The summed E-state index contributed by atoms with van der Waals surface area (Å²) in [7, 11) is -4.20. The Hall–Kier alpha value is -0.380. The highest BCUT2D eigenvalue weighted by molar-refractivity contribution is 7.86. The second-order valence-corrected chi connectivity index (χ2v) is 6.01. The van der Waals surface area contributed by atoms with Crippen LogP contribution in [-0.2, 0) is 10.2 Å². The van der Waals surface area contributed by atoms with E-state index in [0.717, 1.165) is 4.31 Å². The number of hydrogen-bond donors (Lipinski definition) is 1. The zero-order valence-electron chi connectivity index (χ0n) is 11.2. The summed E-state index contributed by atoms with van der Waals surface area (Å²) in [6, 6.07) is 0. The molecule has 0 aromatic rings. The van der Waals surface area contributed by atoms with Crippen molar-refractivity contribution in [3.05, 3.63) is 0 Å². The fraction of sp³-hybridized carbons (Fsp3) is 1.00. The summed E-state index contributed by atoms with van der Waals surface area (Å²) in [6.07, 6.45) is -3.61. The minimum atomic E-state index is -4.63. The maximum Gasteiger partial charge on any atom is 0.402 e. The number of nitrogens with zero attached hydrogens (tertiary/aromatic N) is 2. The van der Waals surface area contributed by atoms with Gasteiger partial charge in [-0.05, 0) is 12.8 Å². The lowest BCUT2D eigenvalue weighted by molar-refractivity contribution is -0.137. The Morgan fingerprint density at radius 2 is 1.47 bits per heavy atom. The third-order valence-corrected chi connectivity index (χ3v) is 4.29. The third-order valence-electron chi connectivity index (χ3n) is 2.30. The lowest BCUT2D eigenvalue weighted by Crippen LogP contribution is -2.48. The lowest BCUT2D eigenvalue weighted by atomic mass is 10.4. The Bertz CT molecular complexity index is 340. The molecule has 0 aliphatic rings. The molecule has 0 rings (SSSR count). The van der Waals surface area contributed by atoms with Gasteiger partial charge in [-0.1, -0.05) is 13.8 Å². The molecule has 0 atom stereocenters. The minimum absolute atomic E-state index is 0.163. The number of aliphatic hydroxyl groups excluding tert-OH is 1. The SMILES string of the molecule is CCCN(CCC)S(=O)(=O)N(CCO)CC(F)(F)F. The monoisotopic (exact) mass is 306 g/mol. The van der Waals surface area contributed by atoms with Crippen molar-refractivity contribution in [2.75, 3.05) is 32.8 Å². The van der Waals surface area contributed by atoms with Crippen LogP contribution in [0.5, 0.6) is 0 Å². The molecule has 0 unspecified atom stereocenters. The number of alkyl halides is 3. The molecular formula is C10H21F3N2O3S. The molecule has 0 heterocycles. The van der Waals surface area contributed by atoms with Gasteiger partial charge in [-0.15, -0.1) is 0 Å². The molecule has 9 heteroatoms. The quantitative estimate of drug-likeness (QED) is 0.696. The predicted octanol–water partition coefficient (Wildman–Crippen LogP) is 1.21. The van der Waals surface area contributed by atoms with Crippen LogP contribution in [0.15, 0.2) is 0 Å². The molecular weight excluding hydrogens is 285 g/mol. The average molecular weight is 306 g/mol. The summed E-state index contributed by atoms with van der Waals surface area (Å²) >= 11 is 0. The second kappa shape index (κ2) is 8.03. The standard InChI is InChI=1S/C10H21F3N2O3S/c1-3-5-14(6-4-2)19(17,18)15(7-8-16)9-10(11,12)13/h16H,3-9H2,1-2H3. The summed E-state index contributed by atoms with van der Waals surface area (Å²) in [5.74, 6) is 0. The maximum atomic E-state index is 12.4. The molecule has 0 fully saturated rings. The van der Waals surface area contributed by atoms with E-state index < -0.39 is 36.1 Å². The van der Waals surface area contributed by atoms with E-state index in [4.69, 9.17) is 5.11 Å². The number of halogens is 3. The van der Waals surface area contributed by atoms with Gasteiger partial charge in [0.15, 0.2) is 0 Å². The van der Waals surface area contributed by atoms with Crippen LogP contribution in [0.3, 0.4) is 0 Å². The molecule has 0 spiro atoms. The van der Waals surface area contributed by atoms with Crippen molar-refractivity contribution in [1.82, 2.24) is 8.61 Å². The van der Waals surface area contributed by atoms with Crippen LogP contribution in [0.4, 0.5) is 13.2 Å². The van der Waals surface area contributed by atoms with Crippen molar-refractivity contribution in [2.24, 2.45) is 0 Å². The summed E-state index contributed by atoms with van der Waals surface area (Å²) in [5.41, 5.74) is 0. The van der Waals surface area contributed by atoms with Gasteiger partial charge in [-0.25, -0.2) is 0 Å². The number of hydrogen-bond acceptors (Lipinski definition) is 3. The van der Waals surface area contributed by atoms with Crippen LogP contribution in [-0.4, -0.2) is 61.1 Å². The largest absolute Gasteiger partial charge is 0.402 e. The Morgan fingerprint density at radius 3 is 1.79 bits per heavy atom. The Labute approximate surface area is 112 Å². The molecule has 1 N–H and O–H groups in total. The van der Waals surface area contributed by atoms with Gasteiger partial charge in [0.05, 0.1) is 6.61 Å². The lowest BCUT2D eigenvalue weighted by Gasteiger charge is -2.29. The highest BCUT2D eigenvalue weighted by atomic mass is 32.2. The van der Waals surface area contributed by atoms with E-state index in [-0.39, 0.29) is 17.4 Å². The molecule has 0 aliphatic heterocycles. The van der Waals surface area contributed by atoms with Gasteiger partial charge >= 0.3 is 6.18 Å². The highest BCUT2D eigenvalue weighted by Crippen LogP contribution is 2.20. The Morgan fingerprint density at radius 1 is 1.00 bits per heavy atom. The van der Waals surface area contributed by atoms with Gasteiger partial charge in [0.25, 0.3) is 10.2 Å². The molecule has 0 aliphatic carbocycles. The zero-order valence-corrected chi connectivity index (χ0v) is 12.0. The molecule has 0 saturated carbocycles. The Balaban J connectivity index is 5.13. The minimum Gasteiger partial charge on any atom is -0.395 e. The fourth-order valence-electron chi connectivity index (χ4n) is 1.59. The smallest absolute Gasteiger partial charge is 0.395 e. The average Bonchev–Trinajstić information content (AvgIpc) is 2.26. The van der Waals surface area contributed by atoms with E-state index in [2.05, 4.69) is 0 Å². The summed E-state index contributed by atoms with van der Waals surface area (Å²) < 4.78 is 62.7. The van der Waals surface area contributed by atoms with E-state index in [9.17, 15) is 21.6 Å². The van der Waals surface area contributed by atoms with Crippen LogP contribution >= 0.6 is 0 Å². The predicted molar refractivity (Wildman–Crippen MR) is 65.8 cm³/mol. The summed E-state index contributed by atoms with van der Waals surface area (Å²) in [5, 5.41) is 8.75.